The summed E-state index contributed by atoms with van der Waals surface area (Å²) in [6, 6.07) is 27.3. The van der Waals surface area contributed by atoms with Crippen LogP contribution in [-0.2, 0) is 19.6 Å². The fourth-order valence-corrected chi connectivity index (χ4v) is 4.10. The monoisotopic (exact) mass is 444 g/mol. The lowest BCUT2D eigenvalue weighted by Gasteiger charge is -2.30. The van der Waals surface area contributed by atoms with Crippen molar-refractivity contribution in [3.63, 3.8) is 0 Å². The van der Waals surface area contributed by atoms with Crippen molar-refractivity contribution in [2.75, 3.05) is 11.4 Å². The van der Waals surface area contributed by atoms with Crippen molar-refractivity contribution in [1.82, 2.24) is 4.98 Å². The second-order valence-corrected chi connectivity index (χ2v) is 8.27. The lowest BCUT2D eigenvalue weighted by atomic mass is 10.00. The van der Waals surface area contributed by atoms with Gasteiger partial charge in [0.1, 0.15) is 23.7 Å². The van der Waals surface area contributed by atoms with Crippen molar-refractivity contribution in [3.8, 4) is 5.75 Å². The first kappa shape index (κ1) is 18.2. The van der Waals surface area contributed by atoms with Crippen LogP contribution in [0.15, 0.2) is 83.3 Å². The van der Waals surface area contributed by atoms with Gasteiger partial charge in [0.15, 0.2) is 0 Å². The normalized spacial score (nSPS) is 13.3. The van der Waals surface area contributed by atoms with Crippen LogP contribution in [0, 0.1) is 0 Å². The summed E-state index contributed by atoms with van der Waals surface area (Å²) in [6.07, 6.45) is 1.05. The Morgan fingerprint density at radius 1 is 0.862 bits per heavy atom. The van der Waals surface area contributed by atoms with Gasteiger partial charge in [0.25, 0.3) is 0 Å². The number of fused-ring (bicyclic) bond motifs is 2. The van der Waals surface area contributed by atoms with Gasteiger partial charge in [-0.15, -0.1) is 0 Å². The minimum Gasteiger partial charge on any atom is -0.487 e. The molecule has 1 aliphatic heterocycles. The van der Waals surface area contributed by atoms with E-state index in [0.717, 1.165) is 52.0 Å². The first-order valence-corrected chi connectivity index (χ1v) is 10.6. The van der Waals surface area contributed by atoms with Gasteiger partial charge in [0.05, 0.1) is 0 Å². The molecule has 144 valence electrons. The summed E-state index contributed by atoms with van der Waals surface area (Å²) in [5, 5.41) is 1.10. The summed E-state index contributed by atoms with van der Waals surface area (Å²) in [4.78, 5) is 7.35. The predicted octanol–water partition coefficient (Wildman–Crippen LogP) is 6.14. The molecule has 0 saturated heterocycles. The van der Waals surface area contributed by atoms with Crippen LogP contribution >= 0.6 is 15.9 Å². The number of aromatic nitrogens is 1. The number of benzene rings is 3. The largest absolute Gasteiger partial charge is 0.487 e. The Hall–Kier alpha value is -2.85. The van der Waals surface area contributed by atoms with Gasteiger partial charge >= 0.3 is 0 Å². The number of hydrogen-bond donors (Lipinski definition) is 0. The number of halogens is 1. The Morgan fingerprint density at radius 2 is 1.69 bits per heavy atom. The van der Waals surface area contributed by atoms with Crippen molar-refractivity contribution in [2.24, 2.45) is 0 Å². The zero-order valence-electron chi connectivity index (χ0n) is 16.0. The van der Waals surface area contributed by atoms with Gasteiger partial charge in [-0.25, -0.2) is 4.98 Å². The molecule has 2 heterocycles. The Kier molecular flexibility index (Phi) is 4.94. The second kappa shape index (κ2) is 7.88. The molecular formula is C25H21BrN2O. The molecular weight excluding hydrogens is 424 g/mol. The standard InChI is InChI=1S/C25H21BrN2O/c26-22-11-8-18(9-12-22)17-29-23-7-3-6-20-10-13-24(27-25(20)23)28-15-14-19-4-1-2-5-21(19)16-28/h1-13H,14-17H2. The topological polar surface area (TPSA) is 25.4 Å². The Balaban J connectivity index is 1.42. The number of hydrogen-bond acceptors (Lipinski definition) is 3. The van der Waals surface area contributed by atoms with Crippen molar-refractivity contribution in [2.45, 2.75) is 19.6 Å². The van der Waals surface area contributed by atoms with E-state index in [0.29, 0.717) is 6.61 Å². The molecule has 0 aliphatic carbocycles. The molecule has 1 aliphatic rings. The molecule has 0 unspecified atom stereocenters. The smallest absolute Gasteiger partial charge is 0.146 e. The van der Waals surface area contributed by atoms with Gasteiger partial charge in [-0.3, -0.25) is 0 Å². The van der Waals surface area contributed by atoms with Gasteiger partial charge in [-0.05, 0) is 53.4 Å². The summed E-state index contributed by atoms with van der Waals surface area (Å²) < 4.78 is 7.22. The molecule has 0 N–H and O–H groups in total. The molecule has 0 fully saturated rings. The van der Waals surface area contributed by atoms with Crippen molar-refractivity contribution in [1.29, 1.82) is 0 Å². The third kappa shape index (κ3) is 3.85. The summed E-state index contributed by atoms with van der Waals surface area (Å²) in [6.45, 7) is 2.41. The van der Waals surface area contributed by atoms with E-state index in [1.54, 1.807) is 0 Å². The van der Waals surface area contributed by atoms with Gasteiger partial charge < -0.3 is 9.64 Å². The van der Waals surface area contributed by atoms with E-state index >= 15 is 0 Å². The molecule has 3 nitrogen and oxygen atoms in total. The predicted molar refractivity (Wildman–Crippen MR) is 121 cm³/mol. The van der Waals surface area contributed by atoms with Gasteiger partial charge in [0.2, 0.25) is 0 Å². The first-order chi connectivity index (χ1) is 14.3. The SMILES string of the molecule is Brc1ccc(COc2cccc3ccc(N4CCc5ccccc5C4)nc23)cc1. The zero-order chi connectivity index (χ0) is 19.6. The fourth-order valence-electron chi connectivity index (χ4n) is 3.84. The van der Waals surface area contributed by atoms with Crippen LogP contribution in [-0.4, -0.2) is 11.5 Å². The molecule has 4 heteroatoms. The van der Waals surface area contributed by atoms with Gasteiger partial charge in [-0.2, -0.15) is 0 Å². The van der Waals surface area contributed by atoms with Crippen LogP contribution in [0.5, 0.6) is 5.75 Å². The van der Waals surface area contributed by atoms with Crippen LogP contribution < -0.4 is 9.64 Å². The number of nitrogens with zero attached hydrogens (tertiary/aromatic N) is 2. The maximum atomic E-state index is 6.15. The third-order valence-electron chi connectivity index (χ3n) is 5.43. The highest BCUT2D eigenvalue weighted by molar-refractivity contribution is 9.10. The highest BCUT2D eigenvalue weighted by Gasteiger charge is 2.17. The quantitative estimate of drug-likeness (QED) is 0.377. The average Bonchev–Trinajstić information content (AvgIpc) is 2.78. The minimum atomic E-state index is 0.523. The molecule has 0 bridgehead atoms. The Bertz CT molecular complexity index is 1160. The van der Waals surface area contributed by atoms with E-state index in [1.807, 2.05) is 24.3 Å². The molecule has 0 atom stereocenters. The molecule has 3 aromatic carbocycles. The van der Waals surface area contributed by atoms with Crippen LogP contribution in [0.25, 0.3) is 10.9 Å². The molecule has 4 aromatic rings. The zero-order valence-corrected chi connectivity index (χ0v) is 17.6. The fraction of sp³-hybridized carbons (Fsp3) is 0.160. The summed E-state index contributed by atoms with van der Waals surface area (Å²) in [7, 11) is 0. The van der Waals surface area contributed by atoms with Crippen LogP contribution in [0.4, 0.5) is 5.82 Å². The van der Waals surface area contributed by atoms with Crippen molar-refractivity contribution >= 4 is 32.7 Å². The molecule has 0 spiro atoms. The van der Waals surface area contributed by atoms with E-state index in [-0.39, 0.29) is 0 Å². The van der Waals surface area contributed by atoms with Crippen molar-refractivity contribution in [3.05, 3.63) is 100 Å². The second-order valence-electron chi connectivity index (χ2n) is 7.35. The third-order valence-corrected chi connectivity index (χ3v) is 5.96. The Labute approximate surface area is 179 Å². The molecule has 29 heavy (non-hydrogen) atoms. The van der Waals surface area contributed by atoms with Crippen LogP contribution in [0.2, 0.25) is 0 Å². The van der Waals surface area contributed by atoms with E-state index in [1.165, 1.54) is 11.1 Å². The number of ether oxygens (including phenoxy) is 1. The molecule has 0 saturated carbocycles. The number of rotatable bonds is 4. The van der Waals surface area contributed by atoms with E-state index in [4.69, 9.17) is 9.72 Å². The number of para-hydroxylation sites is 1. The molecule has 1 aromatic heterocycles. The maximum absolute atomic E-state index is 6.15. The first-order valence-electron chi connectivity index (χ1n) is 9.85. The van der Waals surface area contributed by atoms with E-state index in [2.05, 4.69) is 75.4 Å². The van der Waals surface area contributed by atoms with E-state index in [9.17, 15) is 0 Å². The molecule has 0 radical (unpaired) electrons. The number of anilines is 1. The summed E-state index contributed by atoms with van der Waals surface area (Å²) >= 11 is 3.47. The summed E-state index contributed by atoms with van der Waals surface area (Å²) in [5.41, 5.74) is 4.89. The molecule has 0 amide bonds. The summed E-state index contributed by atoms with van der Waals surface area (Å²) in [5.74, 6) is 1.83. The molecule has 5 rings (SSSR count). The Morgan fingerprint density at radius 3 is 2.55 bits per heavy atom. The van der Waals surface area contributed by atoms with Crippen LogP contribution in [0.1, 0.15) is 16.7 Å². The lowest BCUT2D eigenvalue weighted by molar-refractivity contribution is 0.309. The average molecular weight is 445 g/mol. The minimum absolute atomic E-state index is 0.523. The maximum Gasteiger partial charge on any atom is 0.146 e. The highest BCUT2D eigenvalue weighted by atomic mass is 79.9. The lowest BCUT2D eigenvalue weighted by Crippen LogP contribution is -2.30. The van der Waals surface area contributed by atoms with Gasteiger partial charge in [-0.1, -0.05) is 64.5 Å². The van der Waals surface area contributed by atoms with E-state index < -0.39 is 0 Å². The van der Waals surface area contributed by atoms with Crippen molar-refractivity contribution < 1.29 is 4.74 Å². The highest BCUT2D eigenvalue weighted by Crippen LogP contribution is 2.29. The van der Waals surface area contributed by atoms with Crippen LogP contribution in [0.3, 0.4) is 0 Å². The van der Waals surface area contributed by atoms with Gasteiger partial charge in [0, 0.05) is 22.9 Å². The number of pyridine rings is 1.